The fourth-order valence-corrected chi connectivity index (χ4v) is 3.86. The SMILES string of the molecule is C\C=C(/C=C\C(C)=N\C(=C/C(C)=O)c1ccc(OC)c(OC)c1)C1CCN(CC)CC1. The molecule has 0 amide bonds. The van der Waals surface area contributed by atoms with E-state index in [9.17, 15) is 4.79 Å². The molecule has 1 heterocycles. The molecule has 1 aliphatic heterocycles. The molecule has 168 valence electrons. The van der Waals surface area contributed by atoms with Gasteiger partial charge in [0.15, 0.2) is 17.3 Å². The first-order chi connectivity index (χ1) is 14.9. The van der Waals surface area contributed by atoms with Crippen molar-refractivity contribution < 1.29 is 14.3 Å². The van der Waals surface area contributed by atoms with Gasteiger partial charge in [-0.15, -0.1) is 0 Å². The van der Waals surface area contributed by atoms with Gasteiger partial charge < -0.3 is 14.4 Å². The predicted octanol–water partition coefficient (Wildman–Crippen LogP) is 5.33. The van der Waals surface area contributed by atoms with Crippen molar-refractivity contribution in [1.82, 2.24) is 4.90 Å². The first-order valence-corrected chi connectivity index (χ1v) is 11.0. The lowest BCUT2D eigenvalue weighted by atomic mass is 9.88. The summed E-state index contributed by atoms with van der Waals surface area (Å²) in [4.78, 5) is 19.1. The van der Waals surface area contributed by atoms with E-state index in [4.69, 9.17) is 14.5 Å². The zero-order valence-electron chi connectivity index (χ0n) is 19.8. The number of piperidine rings is 1. The lowest BCUT2D eigenvalue weighted by molar-refractivity contribution is -0.112. The van der Waals surface area contributed by atoms with Gasteiger partial charge in [0.25, 0.3) is 0 Å². The molecule has 1 aliphatic rings. The molecule has 0 N–H and O–H groups in total. The number of rotatable bonds is 9. The van der Waals surface area contributed by atoms with Crippen LogP contribution in [0.1, 0.15) is 46.1 Å². The number of ether oxygens (including phenoxy) is 2. The standard InChI is InChI=1S/C26H36N2O3/c1-7-21(22-13-15-28(8-2)16-14-22)10-9-19(3)27-24(17-20(4)29)23-11-12-25(30-5)26(18-23)31-6/h7,9-12,17-18,22H,8,13-16H2,1-6H3/b10-9-,21-7+,24-17-,27-19+. The molecule has 1 fully saturated rings. The molecule has 0 aliphatic carbocycles. The number of benzene rings is 1. The highest BCUT2D eigenvalue weighted by molar-refractivity contribution is 6.01. The Hall–Kier alpha value is -2.66. The average Bonchev–Trinajstić information content (AvgIpc) is 2.78. The van der Waals surface area contributed by atoms with Gasteiger partial charge >= 0.3 is 0 Å². The van der Waals surface area contributed by atoms with Crippen LogP contribution in [-0.2, 0) is 4.79 Å². The molecule has 31 heavy (non-hydrogen) atoms. The summed E-state index contributed by atoms with van der Waals surface area (Å²) in [5, 5.41) is 0. The molecule has 0 unspecified atom stereocenters. The van der Waals surface area contributed by atoms with E-state index in [2.05, 4.69) is 30.9 Å². The van der Waals surface area contributed by atoms with Gasteiger partial charge in [-0.25, -0.2) is 0 Å². The van der Waals surface area contributed by atoms with Crippen molar-refractivity contribution in [3.63, 3.8) is 0 Å². The van der Waals surface area contributed by atoms with Gasteiger partial charge in [0.2, 0.25) is 0 Å². The highest BCUT2D eigenvalue weighted by atomic mass is 16.5. The van der Waals surface area contributed by atoms with Gasteiger partial charge in [0.1, 0.15) is 0 Å². The minimum Gasteiger partial charge on any atom is -0.493 e. The van der Waals surface area contributed by atoms with Crippen molar-refractivity contribution in [2.24, 2.45) is 10.9 Å². The van der Waals surface area contributed by atoms with Crippen molar-refractivity contribution in [3.8, 4) is 11.5 Å². The third kappa shape index (κ3) is 7.21. The molecule has 0 aromatic heterocycles. The van der Waals surface area contributed by atoms with Gasteiger partial charge in [-0.3, -0.25) is 9.79 Å². The summed E-state index contributed by atoms with van der Waals surface area (Å²) in [6.07, 6.45) is 10.3. The number of methoxy groups -OCH3 is 2. The van der Waals surface area contributed by atoms with Crippen LogP contribution in [0.3, 0.4) is 0 Å². The number of likely N-dealkylation sites (tertiary alicyclic amines) is 1. The van der Waals surface area contributed by atoms with E-state index in [1.165, 1.54) is 25.3 Å². The molecule has 2 rings (SSSR count). The lowest BCUT2D eigenvalue weighted by Crippen LogP contribution is -2.33. The van der Waals surface area contributed by atoms with Crippen LogP contribution in [-0.4, -0.2) is 50.2 Å². The second-order valence-corrected chi connectivity index (χ2v) is 7.79. The van der Waals surface area contributed by atoms with E-state index < -0.39 is 0 Å². The molecule has 0 radical (unpaired) electrons. The van der Waals surface area contributed by atoms with E-state index in [0.29, 0.717) is 23.1 Å². The highest BCUT2D eigenvalue weighted by Crippen LogP contribution is 2.31. The Morgan fingerprint density at radius 1 is 1.13 bits per heavy atom. The zero-order chi connectivity index (χ0) is 22.8. The van der Waals surface area contributed by atoms with E-state index in [1.807, 2.05) is 31.2 Å². The van der Waals surface area contributed by atoms with Crippen LogP contribution >= 0.6 is 0 Å². The van der Waals surface area contributed by atoms with E-state index in [1.54, 1.807) is 20.3 Å². The van der Waals surface area contributed by atoms with E-state index in [-0.39, 0.29) is 5.78 Å². The Kier molecular flexibility index (Phi) is 9.73. The highest BCUT2D eigenvalue weighted by Gasteiger charge is 2.19. The molecule has 0 spiro atoms. The van der Waals surface area contributed by atoms with Crippen LogP contribution < -0.4 is 9.47 Å². The summed E-state index contributed by atoms with van der Waals surface area (Å²) in [5.74, 6) is 1.78. The molecule has 0 bridgehead atoms. The van der Waals surface area contributed by atoms with Crippen molar-refractivity contribution in [2.45, 2.75) is 40.5 Å². The van der Waals surface area contributed by atoms with Crippen molar-refractivity contribution in [3.05, 3.63) is 53.6 Å². The maximum atomic E-state index is 11.8. The molecule has 5 nitrogen and oxygen atoms in total. The number of allylic oxidation sites excluding steroid dienone is 5. The van der Waals surface area contributed by atoms with Gasteiger partial charge in [0.05, 0.1) is 19.9 Å². The Bertz CT molecular complexity index is 873. The summed E-state index contributed by atoms with van der Waals surface area (Å²) >= 11 is 0. The lowest BCUT2D eigenvalue weighted by Gasteiger charge is -2.31. The molecule has 1 aromatic carbocycles. The van der Waals surface area contributed by atoms with E-state index >= 15 is 0 Å². The summed E-state index contributed by atoms with van der Waals surface area (Å²) in [5.41, 5.74) is 3.61. The van der Waals surface area contributed by atoms with E-state index in [0.717, 1.165) is 30.9 Å². The summed E-state index contributed by atoms with van der Waals surface area (Å²) in [6.45, 7) is 11.2. The first-order valence-electron chi connectivity index (χ1n) is 11.0. The maximum absolute atomic E-state index is 11.8. The van der Waals surface area contributed by atoms with Gasteiger partial charge in [0, 0.05) is 17.4 Å². The Morgan fingerprint density at radius 3 is 2.35 bits per heavy atom. The van der Waals surface area contributed by atoms with Crippen molar-refractivity contribution in [1.29, 1.82) is 0 Å². The van der Waals surface area contributed by atoms with Crippen LogP contribution in [0.25, 0.3) is 5.70 Å². The van der Waals surface area contributed by atoms with Crippen molar-refractivity contribution >= 4 is 17.2 Å². The molecule has 1 saturated heterocycles. The molecular formula is C26H36N2O3. The van der Waals surface area contributed by atoms with Crippen LogP contribution in [0.5, 0.6) is 11.5 Å². The second-order valence-electron chi connectivity index (χ2n) is 7.79. The summed E-state index contributed by atoms with van der Waals surface area (Å²) in [6, 6.07) is 5.55. The maximum Gasteiger partial charge on any atom is 0.161 e. The number of aliphatic imine (C=N–C) groups is 1. The number of carbonyl (C=O) groups excluding carboxylic acids is 1. The summed E-state index contributed by atoms with van der Waals surface area (Å²) < 4.78 is 10.7. The minimum atomic E-state index is -0.0536. The molecule has 0 saturated carbocycles. The Balaban J connectivity index is 2.23. The van der Waals surface area contributed by atoms with Gasteiger partial charge in [-0.05, 0) is 89.0 Å². The summed E-state index contributed by atoms with van der Waals surface area (Å²) in [7, 11) is 3.19. The van der Waals surface area contributed by atoms with Crippen LogP contribution in [0, 0.1) is 5.92 Å². The third-order valence-corrected chi connectivity index (χ3v) is 5.67. The second kappa shape index (κ2) is 12.3. The normalized spacial score (nSPS) is 17.3. The van der Waals surface area contributed by atoms with Gasteiger partial charge in [-0.1, -0.05) is 19.1 Å². The average molecular weight is 425 g/mol. The van der Waals surface area contributed by atoms with Crippen LogP contribution in [0.15, 0.2) is 53.1 Å². The third-order valence-electron chi connectivity index (χ3n) is 5.67. The first kappa shape index (κ1) is 24.6. The smallest absolute Gasteiger partial charge is 0.161 e. The van der Waals surface area contributed by atoms with Crippen LogP contribution in [0.2, 0.25) is 0 Å². The number of carbonyl (C=O) groups is 1. The molecular weight excluding hydrogens is 388 g/mol. The van der Waals surface area contributed by atoms with Crippen molar-refractivity contribution in [2.75, 3.05) is 33.9 Å². The zero-order valence-corrected chi connectivity index (χ0v) is 19.8. The number of hydrogen-bond donors (Lipinski definition) is 0. The van der Waals surface area contributed by atoms with Crippen LogP contribution in [0.4, 0.5) is 0 Å². The molecule has 0 atom stereocenters. The largest absolute Gasteiger partial charge is 0.493 e. The predicted molar refractivity (Wildman–Crippen MR) is 129 cm³/mol. The fourth-order valence-electron chi connectivity index (χ4n) is 3.86. The number of ketones is 1. The monoisotopic (exact) mass is 424 g/mol. The Labute approximate surface area is 187 Å². The topological polar surface area (TPSA) is 51.1 Å². The fraction of sp³-hybridized carbons (Fsp3) is 0.462. The molecule has 5 heteroatoms. The molecule has 1 aromatic rings. The Morgan fingerprint density at radius 2 is 1.81 bits per heavy atom. The quantitative estimate of drug-likeness (QED) is 0.305. The number of hydrogen-bond acceptors (Lipinski definition) is 5. The minimum absolute atomic E-state index is 0.0536. The number of nitrogens with zero attached hydrogens (tertiary/aromatic N) is 2. The van der Waals surface area contributed by atoms with Gasteiger partial charge in [-0.2, -0.15) is 0 Å².